The number of likely N-dealkylation sites (tertiary alicyclic amines) is 1. The van der Waals surface area contributed by atoms with Crippen LogP contribution in [-0.4, -0.2) is 92.6 Å². The van der Waals surface area contributed by atoms with Gasteiger partial charge in [-0.3, -0.25) is 9.29 Å². The van der Waals surface area contributed by atoms with Gasteiger partial charge >= 0.3 is 11.9 Å². The Morgan fingerprint density at radius 2 is 1.59 bits per heavy atom. The standard InChI is InChI=1S/C28H28FNO4.C4H6O6/c1-18-25-14-23(32)7-10-26(25)34-28(27(18)21-3-2-4-22(31)13-21)20-5-8-24(9-6-20)33-12-11-30-16-19(15-29)17-30;5-1(3(7)8)2(6)4(9)10/h2-10,13-14,19,28,31-32H,11-12,15-17H2,1H3;1-2,5-6H,(H,7,8)(H,9,10)/t28-;/m0./s1. The van der Waals surface area contributed by atoms with Crippen molar-refractivity contribution in [3.63, 3.8) is 0 Å². The monoisotopic (exact) mass is 611 g/mol. The summed E-state index contributed by atoms with van der Waals surface area (Å²) in [5.74, 6) is -1.53. The van der Waals surface area contributed by atoms with Crippen LogP contribution < -0.4 is 9.47 Å². The molecular weight excluding hydrogens is 577 g/mol. The molecule has 12 heteroatoms. The minimum Gasteiger partial charge on any atom is -0.508 e. The summed E-state index contributed by atoms with van der Waals surface area (Å²) in [6.07, 6.45) is -4.92. The highest BCUT2D eigenvalue weighted by molar-refractivity contribution is 5.96. The topological polar surface area (TPSA) is 177 Å². The fourth-order valence-corrected chi connectivity index (χ4v) is 4.98. The Hall–Kier alpha value is -4.65. The van der Waals surface area contributed by atoms with Crippen LogP contribution in [0.25, 0.3) is 11.1 Å². The molecule has 1 saturated heterocycles. The molecule has 0 radical (unpaired) electrons. The lowest BCUT2D eigenvalue weighted by atomic mass is 9.86. The Morgan fingerprint density at radius 3 is 2.18 bits per heavy atom. The first kappa shape index (κ1) is 32.3. The number of phenols is 2. The number of ether oxygens (including phenoxy) is 2. The summed E-state index contributed by atoms with van der Waals surface area (Å²) >= 11 is 0. The van der Waals surface area contributed by atoms with Crippen LogP contribution in [0.1, 0.15) is 29.7 Å². The van der Waals surface area contributed by atoms with Gasteiger partial charge in [0.2, 0.25) is 0 Å². The number of nitrogens with zero attached hydrogens (tertiary/aromatic N) is 1. The molecule has 2 aliphatic heterocycles. The van der Waals surface area contributed by atoms with Crippen molar-refractivity contribution in [1.29, 1.82) is 0 Å². The number of aliphatic carboxylic acids is 2. The predicted octanol–water partition coefficient (Wildman–Crippen LogP) is 3.32. The molecule has 3 aromatic rings. The fourth-order valence-electron chi connectivity index (χ4n) is 4.98. The molecule has 0 bridgehead atoms. The highest BCUT2D eigenvalue weighted by atomic mass is 19.1. The molecule has 0 amide bonds. The SMILES string of the molecule is CC1=C(c2cccc(O)c2)[C@H](c2ccc(OCCN3CC(CF)C3)cc2)Oc2ccc(O)cc21.O=C(O)C(O)C(O)C(=O)O. The van der Waals surface area contributed by atoms with Crippen LogP contribution in [0.5, 0.6) is 23.0 Å². The van der Waals surface area contributed by atoms with Crippen molar-refractivity contribution < 1.29 is 54.1 Å². The number of carbonyl (C=O) groups is 2. The maximum Gasteiger partial charge on any atom is 0.335 e. The molecule has 0 aromatic heterocycles. The smallest absolute Gasteiger partial charge is 0.335 e. The number of aliphatic hydroxyl groups is 2. The second-order valence-corrected chi connectivity index (χ2v) is 10.5. The number of hydrogen-bond donors (Lipinski definition) is 6. The average molecular weight is 612 g/mol. The molecule has 0 saturated carbocycles. The number of allylic oxidation sites excluding steroid dienone is 1. The zero-order valence-corrected chi connectivity index (χ0v) is 23.8. The van der Waals surface area contributed by atoms with Crippen LogP contribution >= 0.6 is 0 Å². The maximum atomic E-state index is 12.6. The molecule has 44 heavy (non-hydrogen) atoms. The summed E-state index contributed by atoms with van der Waals surface area (Å²) in [7, 11) is 0. The van der Waals surface area contributed by atoms with Crippen molar-refractivity contribution in [3.05, 3.63) is 83.4 Å². The first-order valence-corrected chi connectivity index (χ1v) is 13.8. The Balaban J connectivity index is 0.000000382. The third kappa shape index (κ3) is 7.64. The average Bonchev–Trinajstić information content (AvgIpc) is 2.98. The van der Waals surface area contributed by atoms with E-state index in [2.05, 4.69) is 4.90 Å². The summed E-state index contributed by atoms with van der Waals surface area (Å²) in [4.78, 5) is 21.7. The molecule has 234 valence electrons. The number of rotatable bonds is 10. The Kier molecular flexibility index (Phi) is 10.4. The van der Waals surface area contributed by atoms with Gasteiger partial charge in [-0.25, -0.2) is 9.59 Å². The first-order valence-electron chi connectivity index (χ1n) is 13.8. The lowest BCUT2D eigenvalue weighted by molar-refractivity contribution is -0.165. The van der Waals surface area contributed by atoms with E-state index in [1.807, 2.05) is 43.3 Å². The molecule has 2 aliphatic rings. The van der Waals surface area contributed by atoms with E-state index in [-0.39, 0.29) is 30.2 Å². The zero-order valence-electron chi connectivity index (χ0n) is 23.8. The van der Waals surface area contributed by atoms with Crippen molar-refractivity contribution in [2.24, 2.45) is 5.92 Å². The number of aliphatic hydroxyl groups excluding tert-OH is 2. The molecule has 11 nitrogen and oxygen atoms in total. The summed E-state index contributed by atoms with van der Waals surface area (Å²) in [6, 6.07) is 20.1. The summed E-state index contributed by atoms with van der Waals surface area (Å²) < 4.78 is 24.9. The van der Waals surface area contributed by atoms with Gasteiger partial charge in [-0.2, -0.15) is 0 Å². The lowest BCUT2D eigenvalue weighted by Crippen LogP contribution is -2.49. The van der Waals surface area contributed by atoms with E-state index < -0.39 is 24.1 Å². The number of carboxylic acids is 2. The van der Waals surface area contributed by atoms with E-state index in [0.717, 1.165) is 53.2 Å². The van der Waals surface area contributed by atoms with Gasteiger partial charge in [0.05, 0.1) is 6.67 Å². The van der Waals surface area contributed by atoms with Gasteiger partial charge in [0, 0.05) is 36.7 Å². The number of halogens is 1. The third-order valence-electron chi connectivity index (χ3n) is 7.35. The molecule has 0 aliphatic carbocycles. The van der Waals surface area contributed by atoms with Crippen molar-refractivity contribution in [3.8, 4) is 23.0 Å². The molecule has 1 fully saturated rings. The number of aromatic hydroxyl groups is 2. The molecule has 3 atom stereocenters. The second kappa shape index (κ2) is 14.2. The predicted molar refractivity (Wildman–Crippen MR) is 157 cm³/mol. The number of alkyl halides is 1. The van der Waals surface area contributed by atoms with Crippen LogP contribution in [0.4, 0.5) is 4.39 Å². The minimum atomic E-state index is -2.27. The highest BCUT2D eigenvalue weighted by Crippen LogP contribution is 2.47. The maximum absolute atomic E-state index is 12.6. The summed E-state index contributed by atoms with van der Waals surface area (Å²) in [5, 5.41) is 52.6. The van der Waals surface area contributed by atoms with Gasteiger partial charge in [0.15, 0.2) is 12.2 Å². The van der Waals surface area contributed by atoms with Gasteiger partial charge in [-0.15, -0.1) is 0 Å². The molecule has 0 spiro atoms. The van der Waals surface area contributed by atoms with Crippen LogP contribution in [0.15, 0.2) is 66.7 Å². The normalized spacial score (nSPS) is 17.7. The number of phenolic OH excluding ortho intramolecular Hbond substituents is 2. The van der Waals surface area contributed by atoms with Gasteiger partial charge < -0.3 is 40.1 Å². The van der Waals surface area contributed by atoms with Crippen LogP contribution in [0, 0.1) is 5.92 Å². The van der Waals surface area contributed by atoms with Gasteiger partial charge in [-0.1, -0.05) is 24.3 Å². The van der Waals surface area contributed by atoms with E-state index in [1.54, 1.807) is 30.3 Å². The Bertz CT molecular complexity index is 1490. The van der Waals surface area contributed by atoms with Crippen molar-refractivity contribution in [2.45, 2.75) is 25.2 Å². The van der Waals surface area contributed by atoms with Gasteiger partial charge in [0.1, 0.15) is 35.7 Å². The number of fused-ring (bicyclic) bond motifs is 1. The summed E-state index contributed by atoms with van der Waals surface area (Å²) in [6.45, 7) is 4.72. The van der Waals surface area contributed by atoms with E-state index in [1.165, 1.54) is 0 Å². The van der Waals surface area contributed by atoms with E-state index in [4.69, 9.17) is 29.9 Å². The third-order valence-corrected chi connectivity index (χ3v) is 7.35. The van der Waals surface area contributed by atoms with Crippen molar-refractivity contribution in [1.82, 2.24) is 4.90 Å². The number of carboxylic acid groups (broad SMARTS) is 2. The van der Waals surface area contributed by atoms with Gasteiger partial charge in [-0.05, 0) is 66.1 Å². The number of hydrogen-bond acceptors (Lipinski definition) is 9. The van der Waals surface area contributed by atoms with Crippen LogP contribution in [-0.2, 0) is 9.59 Å². The lowest BCUT2D eigenvalue weighted by Gasteiger charge is -2.37. The second-order valence-electron chi connectivity index (χ2n) is 10.5. The summed E-state index contributed by atoms with van der Waals surface area (Å²) in [5.41, 5.74) is 4.56. The minimum absolute atomic E-state index is 0.176. The number of benzene rings is 3. The molecule has 6 N–H and O–H groups in total. The van der Waals surface area contributed by atoms with Crippen molar-refractivity contribution in [2.75, 3.05) is 32.9 Å². The molecular formula is C32H34FNO10. The van der Waals surface area contributed by atoms with E-state index >= 15 is 0 Å². The zero-order chi connectivity index (χ0) is 32.0. The molecule has 2 heterocycles. The van der Waals surface area contributed by atoms with Gasteiger partial charge in [0.25, 0.3) is 0 Å². The highest BCUT2D eigenvalue weighted by Gasteiger charge is 2.31. The van der Waals surface area contributed by atoms with E-state index in [9.17, 15) is 24.2 Å². The van der Waals surface area contributed by atoms with Crippen molar-refractivity contribution >= 4 is 23.1 Å². The van der Waals surface area contributed by atoms with E-state index in [0.29, 0.717) is 12.4 Å². The Labute approximate surface area is 252 Å². The fraction of sp³-hybridized carbons (Fsp3) is 0.312. The molecule has 5 rings (SSSR count). The Morgan fingerprint density at radius 1 is 0.955 bits per heavy atom. The first-order chi connectivity index (χ1) is 21.0. The molecule has 2 unspecified atom stereocenters. The van der Waals surface area contributed by atoms with Crippen LogP contribution in [0.2, 0.25) is 0 Å². The quantitative estimate of drug-likeness (QED) is 0.198. The largest absolute Gasteiger partial charge is 0.508 e. The molecule has 3 aromatic carbocycles. The van der Waals surface area contributed by atoms with Crippen LogP contribution in [0.3, 0.4) is 0 Å².